The molecule has 2 N–H and O–H groups in total. The van der Waals surface area contributed by atoms with E-state index in [0.717, 1.165) is 22.3 Å². The summed E-state index contributed by atoms with van der Waals surface area (Å²) in [5.74, 6) is -1.79. The third-order valence-corrected chi connectivity index (χ3v) is 25.6. The molecule has 0 saturated carbocycles. The molecule has 0 aromatic heterocycles. The lowest BCUT2D eigenvalue weighted by Gasteiger charge is -2.38. The number of sulfonamides is 2. The van der Waals surface area contributed by atoms with Crippen molar-refractivity contribution in [2.75, 3.05) is 53.4 Å². The zero-order valence-electron chi connectivity index (χ0n) is 65.6. The van der Waals surface area contributed by atoms with Gasteiger partial charge in [-0.15, -0.1) is 0 Å². The highest BCUT2D eigenvalue weighted by Gasteiger charge is 2.45. The Kier molecular flexibility index (Phi) is 29.8. The third kappa shape index (κ3) is 24.5. The second-order valence-corrected chi connectivity index (χ2v) is 41.0. The van der Waals surface area contributed by atoms with Gasteiger partial charge in [-0.25, -0.2) is 43.3 Å². The van der Waals surface area contributed by atoms with Crippen molar-refractivity contribution in [3.63, 3.8) is 0 Å². The number of halogens is 2. The number of rotatable bonds is 26. The summed E-state index contributed by atoms with van der Waals surface area (Å²) in [5, 5.41) is 5.84. The summed E-state index contributed by atoms with van der Waals surface area (Å²) in [4.78, 5) is 88.6. The molecule has 30 heteroatoms. The van der Waals surface area contributed by atoms with Gasteiger partial charge in [0.2, 0.25) is 43.7 Å². The Morgan fingerprint density at radius 1 is 0.436 bits per heavy atom. The maximum Gasteiger partial charge on any atom is 0.410 e. The summed E-state index contributed by atoms with van der Waals surface area (Å²) in [5.41, 5.74) is 1.47. The van der Waals surface area contributed by atoms with Crippen molar-refractivity contribution in [2.24, 2.45) is 10.8 Å². The molecule has 0 bridgehead atoms. The van der Waals surface area contributed by atoms with Crippen molar-refractivity contribution in [2.45, 2.75) is 202 Å². The Balaban J connectivity index is 0.000000723. The van der Waals surface area contributed by atoms with Gasteiger partial charge in [0.05, 0.1) is 19.6 Å². The van der Waals surface area contributed by atoms with Crippen LogP contribution in [-0.2, 0) is 79.6 Å². The second-order valence-electron chi connectivity index (χ2n) is 32.0. The van der Waals surface area contributed by atoms with Gasteiger partial charge < -0.3 is 29.9 Å². The lowest BCUT2D eigenvalue weighted by atomic mass is 9.85. The minimum Gasteiger partial charge on any atom is -0.444 e. The molecule has 600 valence electrons. The largest absolute Gasteiger partial charge is 0.444 e. The van der Waals surface area contributed by atoms with E-state index in [-0.39, 0.29) is 57.6 Å². The molecule has 2 aliphatic rings. The fourth-order valence-corrected chi connectivity index (χ4v) is 17.1. The first-order valence-corrected chi connectivity index (χ1v) is 44.0. The molecule has 0 spiro atoms. The van der Waals surface area contributed by atoms with E-state index in [1.807, 2.05) is 102 Å². The van der Waals surface area contributed by atoms with E-state index in [2.05, 4.69) is 10.6 Å². The summed E-state index contributed by atoms with van der Waals surface area (Å²) in [6.45, 7) is 25.5. The zero-order chi connectivity index (χ0) is 81.9. The van der Waals surface area contributed by atoms with Crippen LogP contribution < -0.4 is 10.6 Å². The smallest absolute Gasteiger partial charge is 0.410 e. The SMILES string of the molecule is C[C@@H](C(=O)N[C@H](C(=O)N1CCC[C@H]1CN(CCc1ccccc1)S(=O)(=O)c1ccc(-c2ccc(S(=O)(=O)N(CCc3ccccc3)C[C@@H]3CCCN3C(=O)[C@@H](NC(=O)[C@H](C)N(C)C(=O)OC(C)(C)C)C(C)(C)C)cc2)cc1)C(C)(C)C)N(C)C(=O)OC(C)(C)C.O=S(=O)(Cl)c1ccc(-c2ccc(S(=O)(=O)Cl)cc2)cc1. The van der Waals surface area contributed by atoms with Crippen LogP contribution in [0.5, 0.6) is 0 Å². The maximum absolute atomic E-state index is 14.9. The highest BCUT2D eigenvalue weighted by Crippen LogP contribution is 2.34. The van der Waals surface area contributed by atoms with Crippen molar-refractivity contribution in [1.82, 2.24) is 38.8 Å². The number of hydrogen-bond donors (Lipinski definition) is 2. The Morgan fingerprint density at radius 3 is 0.964 bits per heavy atom. The van der Waals surface area contributed by atoms with Gasteiger partial charge in [-0.2, -0.15) is 8.61 Å². The van der Waals surface area contributed by atoms with E-state index < -0.39 is 120 Å². The van der Waals surface area contributed by atoms with Crippen LogP contribution in [0.4, 0.5) is 9.59 Å². The number of carbonyl (C=O) groups is 6. The van der Waals surface area contributed by atoms with Crippen LogP contribution in [-0.4, -0.2) is 199 Å². The molecule has 0 aliphatic carbocycles. The van der Waals surface area contributed by atoms with E-state index >= 15 is 0 Å². The van der Waals surface area contributed by atoms with Crippen molar-refractivity contribution in [3.8, 4) is 22.3 Å². The predicted molar refractivity (Wildman–Crippen MR) is 427 cm³/mol. The summed E-state index contributed by atoms with van der Waals surface area (Å²) in [6.07, 6.45) is 1.70. The fourth-order valence-electron chi connectivity index (χ4n) is 12.6. The summed E-state index contributed by atoms with van der Waals surface area (Å²) in [6, 6.07) is 38.7. The van der Waals surface area contributed by atoms with Crippen molar-refractivity contribution < 1.29 is 71.9 Å². The van der Waals surface area contributed by atoms with Gasteiger partial charge in [0.15, 0.2) is 0 Å². The first-order valence-electron chi connectivity index (χ1n) is 36.5. The van der Waals surface area contributed by atoms with Gasteiger partial charge in [-0.1, -0.05) is 151 Å². The molecule has 2 saturated heterocycles. The molecule has 2 fully saturated rings. The standard InChI is InChI=1S/C68H98N8O12S2.C12H8Cl2O4S2/c1-47(71(15)63(81)87-67(9,10)11)59(77)69-57(65(3,4)5)61(79)75-41-23-29-53(75)45-73(43-39-49-25-19-17-20-26-49)89(83,84)55-35-31-51(32-36-55)52-33-37-56(38-34-52)90(85,86)74(44-40-50-27-21-18-22-28-50)46-54-30-24-42-76(54)62(80)58(66(6,7)8)70-60(78)48(2)72(16)64(82)88-68(12,13)14;13-19(15,16)11-5-1-9(2-6-11)10-3-7-12(8-4-10)20(14,17)18/h17-22,25-28,31-38,47-48,53-54,57-58H,23-24,29-30,39-46H2,1-16H3,(H,69,77)(H,70,78);1-8H/t47-,48-,53-,54-,57+,58+;/m0./s1. The van der Waals surface area contributed by atoms with E-state index in [1.54, 1.807) is 114 Å². The molecule has 110 heavy (non-hydrogen) atoms. The van der Waals surface area contributed by atoms with Crippen molar-refractivity contribution in [3.05, 3.63) is 169 Å². The van der Waals surface area contributed by atoms with Gasteiger partial charge in [0.1, 0.15) is 35.4 Å². The molecular weight excluding hydrogens is 1530 g/mol. The van der Waals surface area contributed by atoms with E-state index in [1.165, 1.54) is 81.0 Å². The summed E-state index contributed by atoms with van der Waals surface area (Å²) >= 11 is 0. The second kappa shape index (κ2) is 36.7. The molecule has 24 nitrogen and oxygen atoms in total. The Morgan fingerprint density at radius 2 is 0.709 bits per heavy atom. The van der Waals surface area contributed by atoms with Crippen LogP contribution in [0.25, 0.3) is 22.3 Å². The monoisotopic (exact) mass is 1630 g/mol. The highest BCUT2D eigenvalue weighted by atomic mass is 35.7. The van der Waals surface area contributed by atoms with Crippen LogP contribution in [0.1, 0.15) is 134 Å². The molecule has 6 atom stereocenters. The van der Waals surface area contributed by atoms with Crippen LogP contribution in [0.2, 0.25) is 0 Å². The summed E-state index contributed by atoms with van der Waals surface area (Å²) in [7, 11) is -2.54. The molecular formula is C80H106Cl2N8O16S4. The van der Waals surface area contributed by atoms with Crippen LogP contribution >= 0.6 is 21.4 Å². The normalized spacial score (nSPS) is 16.4. The number of amides is 6. The minimum absolute atomic E-state index is 0.00266. The van der Waals surface area contributed by atoms with E-state index in [9.17, 15) is 62.4 Å². The quantitative estimate of drug-likeness (QED) is 0.0477. The third-order valence-electron chi connectivity index (χ3n) is 19.1. The lowest BCUT2D eigenvalue weighted by Crippen LogP contribution is -2.59. The first-order chi connectivity index (χ1) is 51.0. The molecule has 2 heterocycles. The first kappa shape index (κ1) is 89.2. The number of carbonyl (C=O) groups excluding carboxylic acids is 6. The maximum atomic E-state index is 14.9. The molecule has 6 aromatic carbocycles. The van der Waals surface area contributed by atoms with Gasteiger partial charge in [0.25, 0.3) is 18.1 Å². The van der Waals surface area contributed by atoms with Gasteiger partial charge in [-0.05, 0) is 187 Å². The van der Waals surface area contributed by atoms with Crippen molar-refractivity contribution in [1.29, 1.82) is 0 Å². The fraction of sp³-hybridized carbons (Fsp3) is 0.475. The van der Waals surface area contributed by atoms with Crippen LogP contribution in [0.3, 0.4) is 0 Å². The minimum atomic E-state index is -4.20. The van der Waals surface area contributed by atoms with Crippen molar-refractivity contribution >= 4 is 95.3 Å². The van der Waals surface area contributed by atoms with Gasteiger partial charge >= 0.3 is 12.2 Å². The number of nitrogens with one attached hydrogen (secondary N) is 2. The van der Waals surface area contributed by atoms with Gasteiger partial charge in [0, 0.05) is 86.8 Å². The van der Waals surface area contributed by atoms with E-state index in [4.69, 9.17) is 30.8 Å². The summed E-state index contributed by atoms with van der Waals surface area (Å²) < 4.78 is 118. The lowest BCUT2D eigenvalue weighted by molar-refractivity contribution is -0.141. The number of likely N-dealkylation sites (tertiary alicyclic amines) is 2. The average molecular weight is 1630 g/mol. The Labute approximate surface area is 659 Å². The predicted octanol–water partition coefficient (Wildman–Crippen LogP) is 12.6. The number of hydrogen-bond acceptors (Lipinski definition) is 16. The molecule has 8 rings (SSSR count). The Bertz CT molecular complexity index is 4360. The topological polar surface area (TPSA) is 301 Å². The van der Waals surface area contributed by atoms with Gasteiger partial charge in [-0.3, -0.25) is 29.0 Å². The van der Waals surface area contributed by atoms with Crippen LogP contribution in [0.15, 0.2) is 177 Å². The number of benzene rings is 6. The molecule has 6 amide bonds. The molecule has 0 radical (unpaired) electrons. The molecule has 0 unspecified atom stereocenters. The molecule has 6 aromatic rings. The number of nitrogens with zero attached hydrogens (tertiary/aromatic N) is 6. The average Bonchev–Trinajstić information content (AvgIpc) is 1.45. The van der Waals surface area contributed by atoms with Crippen LogP contribution in [0, 0.1) is 10.8 Å². The molecule has 2 aliphatic heterocycles. The Hall–Kier alpha value is -7.96. The van der Waals surface area contributed by atoms with E-state index in [0.29, 0.717) is 62.7 Å². The number of likely N-dealkylation sites (N-methyl/N-ethyl adjacent to an activating group) is 2. The zero-order valence-corrected chi connectivity index (χ0v) is 70.3. The highest BCUT2D eigenvalue weighted by molar-refractivity contribution is 8.14. The number of ether oxygens (including phenoxy) is 2.